The molecule has 1 aromatic heterocycles. The van der Waals surface area contributed by atoms with Crippen LogP contribution in [0.15, 0.2) is 84.9 Å². The van der Waals surface area contributed by atoms with Gasteiger partial charge < -0.3 is 14.9 Å². The Bertz CT molecular complexity index is 1550. The minimum absolute atomic E-state index is 0.0293. The average Bonchev–Trinajstić information content (AvgIpc) is 3.16. The number of hydrogen-bond donors (Lipinski definition) is 2. The number of allylic oxidation sites excluding steroid dienone is 2. The Morgan fingerprint density at radius 2 is 1.10 bits per heavy atom. The van der Waals surface area contributed by atoms with Crippen LogP contribution < -0.4 is 0 Å². The molecular formula is C44H59N3O4. The van der Waals surface area contributed by atoms with Crippen LogP contribution in [0.2, 0.25) is 0 Å². The molecule has 274 valence electrons. The van der Waals surface area contributed by atoms with Crippen LogP contribution >= 0.6 is 0 Å². The topological polar surface area (TPSA) is 105 Å². The van der Waals surface area contributed by atoms with Gasteiger partial charge in [-0.1, -0.05) is 139 Å². The molecule has 0 amide bonds. The molecule has 7 heteroatoms. The summed E-state index contributed by atoms with van der Waals surface area (Å²) in [5.41, 5.74) is 1.90. The number of phenolic OH excluding ortho intramolecular Hbond substituents is 2. The molecule has 0 spiro atoms. The lowest BCUT2D eigenvalue weighted by atomic mass is 9.95. The summed E-state index contributed by atoms with van der Waals surface area (Å²) in [6.45, 7) is 8.91. The zero-order valence-electron chi connectivity index (χ0n) is 31.3. The highest BCUT2D eigenvalue weighted by atomic mass is 16.5. The number of nitrogens with zero attached hydrogens (tertiary/aromatic N) is 3. The second-order valence-electron chi connectivity index (χ2n) is 13.2. The summed E-state index contributed by atoms with van der Waals surface area (Å²) in [4.78, 5) is 27.3. The fourth-order valence-electron chi connectivity index (χ4n) is 5.87. The van der Waals surface area contributed by atoms with Crippen LogP contribution in [-0.2, 0) is 4.74 Å². The highest BCUT2D eigenvalue weighted by Crippen LogP contribution is 2.32. The Morgan fingerprint density at radius 1 is 0.627 bits per heavy atom. The number of esters is 1. The zero-order valence-corrected chi connectivity index (χ0v) is 31.3. The quantitative estimate of drug-likeness (QED) is 0.0539. The first-order valence-electron chi connectivity index (χ1n) is 19.1. The maximum atomic E-state index is 13.3. The molecule has 0 saturated carbocycles. The maximum absolute atomic E-state index is 13.3. The number of phenols is 2. The summed E-state index contributed by atoms with van der Waals surface area (Å²) in [5.74, 6) is 0.889. The smallest absolute Gasteiger partial charge is 0.338 e. The Kier molecular flexibility index (Phi) is 19.1. The molecule has 0 radical (unpaired) electrons. The van der Waals surface area contributed by atoms with Crippen LogP contribution in [0.1, 0.15) is 128 Å². The van der Waals surface area contributed by atoms with Gasteiger partial charge in [0.15, 0.2) is 17.5 Å². The van der Waals surface area contributed by atoms with Gasteiger partial charge >= 0.3 is 5.97 Å². The molecule has 7 nitrogen and oxygen atoms in total. The standard InChI is InChI=1S/C40H51N3O4.C4H8/c1-3-5-7-9-10-12-14-21-30(20-13-11-8-6-4-2)29-47-40(46)32-23-19-22-31(28-32)37-41-38(33-24-15-17-26-35(33)44)43-39(42-37)34-25-16-18-27-36(34)45;1-3-4-2/h15-19,22-28,30,44-45H,3-14,20-21,29H2,1-2H3;3-4H,1-2H3/b;4-3-. The predicted molar refractivity (Wildman–Crippen MR) is 210 cm³/mol. The van der Waals surface area contributed by atoms with Gasteiger partial charge in [0.25, 0.3) is 0 Å². The lowest BCUT2D eigenvalue weighted by Crippen LogP contribution is -2.15. The number of benzene rings is 3. The molecule has 3 aromatic carbocycles. The van der Waals surface area contributed by atoms with Crippen molar-refractivity contribution in [3.63, 3.8) is 0 Å². The lowest BCUT2D eigenvalue weighted by Gasteiger charge is -2.17. The van der Waals surface area contributed by atoms with Gasteiger partial charge in [0, 0.05) is 5.56 Å². The number of hydrogen-bond acceptors (Lipinski definition) is 7. The minimum atomic E-state index is -0.363. The molecule has 1 unspecified atom stereocenters. The fourth-order valence-corrected chi connectivity index (χ4v) is 5.87. The SMILES string of the molecule is C/C=C\C.CCCCCCCCCC(CCCCCCC)COC(=O)c1cccc(-c2nc(-c3ccccc3O)nc(-c3ccccc3O)n2)c1. The van der Waals surface area contributed by atoms with E-state index < -0.39 is 0 Å². The summed E-state index contributed by atoms with van der Waals surface area (Å²) in [6, 6.07) is 20.7. The third kappa shape index (κ3) is 14.3. The normalized spacial score (nSPS) is 11.6. The number of unbranched alkanes of at least 4 members (excludes halogenated alkanes) is 10. The summed E-state index contributed by atoms with van der Waals surface area (Å²) in [6.07, 6.45) is 21.3. The Hall–Kier alpha value is -4.52. The van der Waals surface area contributed by atoms with Gasteiger partial charge in [0.05, 0.1) is 23.3 Å². The largest absolute Gasteiger partial charge is 0.507 e. The third-order valence-electron chi connectivity index (χ3n) is 9.00. The first kappa shape index (κ1) is 40.9. The minimum Gasteiger partial charge on any atom is -0.507 e. The van der Waals surface area contributed by atoms with Crippen molar-refractivity contribution in [3.8, 4) is 45.7 Å². The number of aromatic nitrogens is 3. The molecule has 0 fully saturated rings. The molecule has 0 aliphatic carbocycles. The van der Waals surface area contributed by atoms with Gasteiger partial charge in [-0.15, -0.1) is 0 Å². The zero-order chi connectivity index (χ0) is 36.7. The van der Waals surface area contributed by atoms with E-state index in [1.807, 2.05) is 32.1 Å². The summed E-state index contributed by atoms with van der Waals surface area (Å²) in [7, 11) is 0. The van der Waals surface area contributed by atoms with Crippen molar-refractivity contribution in [1.82, 2.24) is 15.0 Å². The molecule has 0 saturated heterocycles. The first-order chi connectivity index (χ1) is 24.9. The van der Waals surface area contributed by atoms with Crippen molar-refractivity contribution >= 4 is 5.97 Å². The van der Waals surface area contributed by atoms with E-state index in [4.69, 9.17) is 4.74 Å². The van der Waals surface area contributed by atoms with Gasteiger partial charge in [-0.25, -0.2) is 19.7 Å². The van der Waals surface area contributed by atoms with E-state index in [0.717, 1.165) is 12.8 Å². The summed E-state index contributed by atoms with van der Waals surface area (Å²) in [5, 5.41) is 21.1. The van der Waals surface area contributed by atoms with E-state index in [1.54, 1.807) is 66.7 Å². The second kappa shape index (κ2) is 23.8. The summed E-state index contributed by atoms with van der Waals surface area (Å²) >= 11 is 0. The number of aromatic hydroxyl groups is 2. The average molecular weight is 694 g/mol. The molecule has 0 aliphatic rings. The fraction of sp³-hybridized carbons (Fsp3) is 0.455. The van der Waals surface area contributed by atoms with Crippen LogP contribution in [0.4, 0.5) is 0 Å². The maximum Gasteiger partial charge on any atom is 0.338 e. The number of ether oxygens (including phenoxy) is 1. The Morgan fingerprint density at radius 3 is 1.59 bits per heavy atom. The van der Waals surface area contributed by atoms with E-state index in [2.05, 4.69) is 28.8 Å². The summed E-state index contributed by atoms with van der Waals surface area (Å²) < 4.78 is 5.93. The lowest BCUT2D eigenvalue weighted by molar-refractivity contribution is 0.0422. The molecule has 51 heavy (non-hydrogen) atoms. The van der Waals surface area contributed by atoms with Crippen LogP contribution in [0.25, 0.3) is 34.2 Å². The van der Waals surface area contributed by atoms with E-state index in [-0.39, 0.29) is 29.1 Å². The molecule has 0 bridgehead atoms. The van der Waals surface area contributed by atoms with Gasteiger partial charge in [0.2, 0.25) is 0 Å². The van der Waals surface area contributed by atoms with Crippen LogP contribution in [0, 0.1) is 5.92 Å². The molecule has 0 aliphatic heterocycles. The highest BCUT2D eigenvalue weighted by molar-refractivity contribution is 5.90. The first-order valence-corrected chi connectivity index (χ1v) is 19.1. The molecule has 1 atom stereocenters. The van der Waals surface area contributed by atoms with E-state index in [1.165, 1.54) is 77.0 Å². The number of carbonyl (C=O) groups excluding carboxylic acids is 1. The highest BCUT2D eigenvalue weighted by Gasteiger charge is 2.18. The Balaban J connectivity index is 0.00000166. The van der Waals surface area contributed by atoms with Crippen molar-refractivity contribution in [2.75, 3.05) is 6.61 Å². The van der Waals surface area contributed by atoms with Crippen LogP contribution in [0.3, 0.4) is 0 Å². The predicted octanol–water partition coefficient (Wildman–Crippen LogP) is 12.1. The van der Waals surface area contributed by atoms with E-state index in [0.29, 0.717) is 40.6 Å². The van der Waals surface area contributed by atoms with Crippen LogP contribution in [-0.4, -0.2) is 37.7 Å². The monoisotopic (exact) mass is 693 g/mol. The van der Waals surface area contributed by atoms with Crippen molar-refractivity contribution in [3.05, 3.63) is 90.5 Å². The van der Waals surface area contributed by atoms with Gasteiger partial charge in [0.1, 0.15) is 11.5 Å². The molecular weight excluding hydrogens is 635 g/mol. The van der Waals surface area contributed by atoms with Crippen LogP contribution in [0.5, 0.6) is 11.5 Å². The molecule has 1 heterocycles. The molecule has 2 N–H and O–H groups in total. The van der Waals surface area contributed by atoms with E-state index >= 15 is 0 Å². The second-order valence-corrected chi connectivity index (χ2v) is 13.2. The van der Waals surface area contributed by atoms with Crippen molar-refractivity contribution < 1.29 is 19.7 Å². The Labute approximate surface area is 306 Å². The van der Waals surface area contributed by atoms with Crippen molar-refractivity contribution in [2.45, 2.75) is 118 Å². The number of rotatable bonds is 20. The number of para-hydroxylation sites is 2. The number of carbonyl (C=O) groups is 1. The van der Waals surface area contributed by atoms with Gasteiger partial charge in [-0.05, 0) is 69.0 Å². The van der Waals surface area contributed by atoms with Crippen molar-refractivity contribution in [2.24, 2.45) is 5.92 Å². The molecule has 4 aromatic rings. The molecule has 4 rings (SSSR count). The third-order valence-corrected chi connectivity index (χ3v) is 9.00. The van der Waals surface area contributed by atoms with Crippen molar-refractivity contribution in [1.29, 1.82) is 0 Å². The van der Waals surface area contributed by atoms with Gasteiger partial charge in [-0.2, -0.15) is 0 Å². The van der Waals surface area contributed by atoms with Gasteiger partial charge in [-0.3, -0.25) is 0 Å². The van der Waals surface area contributed by atoms with E-state index in [9.17, 15) is 15.0 Å².